The van der Waals surface area contributed by atoms with Gasteiger partial charge >= 0.3 is 5.97 Å². The maximum atomic E-state index is 12.3. The first-order chi connectivity index (χ1) is 14.1. The summed E-state index contributed by atoms with van der Waals surface area (Å²) in [4.78, 5) is 28.8. The van der Waals surface area contributed by atoms with Crippen LogP contribution < -0.4 is 5.56 Å². The van der Waals surface area contributed by atoms with Gasteiger partial charge in [-0.25, -0.2) is 4.98 Å². The Bertz CT molecular complexity index is 1210. The van der Waals surface area contributed by atoms with Crippen LogP contribution in [-0.4, -0.2) is 15.4 Å². The zero-order chi connectivity index (χ0) is 20.2. The molecule has 4 aromatic rings. The van der Waals surface area contributed by atoms with Crippen molar-refractivity contribution >= 4 is 11.6 Å². The van der Waals surface area contributed by atoms with Crippen molar-refractivity contribution in [1.29, 1.82) is 0 Å². The Balaban J connectivity index is 1.35. The third-order valence-corrected chi connectivity index (χ3v) is 4.61. The van der Waals surface area contributed by atoms with E-state index in [0.29, 0.717) is 17.8 Å². The third kappa shape index (κ3) is 4.27. The zero-order valence-electron chi connectivity index (χ0n) is 16.0. The number of carbonyl (C=O) groups is 1. The van der Waals surface area contributed by atoms with Crippen LogP contribution in [0.15, 0.2) is 75.9 Å². The second kappa shape index (κ2) is 8.14. The lowest BCUT2D eigenvalue weighted by molar-refractivity contribution is -0.145. The van der Waals surface area contributed by atoms with Crippen molar-refractivity contribution in [1.82, 2.24) is 9.38 Å². The topological polar surface area (TPSA) is 73.8 Å². The van der Waals surface area contributed by atoms with E-state index in [9.17, 15) is 9.59 Å². The van der Waals surface area contributed by atoms with E-state index < -0.39 is 0 Å². The lowest BCUT2D eigenvalue weighted by Crippen LogP contribution is -2.18. The molecule has 0 aliphatic carbocycles. The lowest BCUT2D eigenvalue weighted by Gasteiger charge is -2.07. The van der Waals surface area contributed by atoms with E-state index in [1.807, 2.05) is 61.5 Å². The number of fused-ring (bicyclic) bond motifs is 1. The number of pyridine rings is 1. The van der Waals surface area contributed by atoms with Gasteiger partial charge in [-0.1, -0.05) is 36.4 Å². The van der Waals surface area contributed by atoms with E-state index >= 15 is 0 Å². The van der Waals surface area contributed by atoms with Crippen molar-refractivity contribution in [3.05, 3.63) is 94.2 Å². The lowest BCUT2D eigenvalue weighted by atomic mass is 10.2. The third-order valence-electron chi connectivity index (χ3n) is 4.61. The average molecular weight is 388 g/mol. The molecule has 0 aliphatic rings. The second-order valence-corrected chi connectivity index (χ2v) is 6.74. The number of ether oxygens (including phenoxy) is 1. The molecule has 0 aliphatic heterocycles. The van der Waals surface area contributed by atoms with Gasteiger partial charge in [-0.15, -0.1) is 0 Å². The van der Waals surface area contributed by atoms with E-state index in [1.165, 1.54) is 10.5 Å². The smallest absolute Gasteiger partial charge is 0.306 e. The molecule has 4 rings (SSSR count). The molecule has 29 heavy (non-hydrogen) atoms. The number of nitrogens with zero attached hydrogens (tertiary/aromatic N) is 2. The summed E-state index contributed by atoms with van der Waals surface area (Å²) in [7, 11) is 0. The first-order valence-electron chi connectivity index (χ1n) is 9.38. The molecular formula is C23H20N2O4. The molecule has 0 amide bonds. The van der Waals surface area contributed by atoms with Crippen molar-refractivity contribution in [3.8, 4) is 11.3 Å². The van der Waals surface area contributed by atoms with E-state index in [1.54, 1.807) is 6.07 Å². The predicted octanol–water partition coefficient (Wildman–Crippen LogP) is 3.94. The molecule has 146 valence electrons. The van der Waals surface area contributed by atoms with E-state index in [-0.39, 0.29) is 24.6 Å². The fraction of sp³-hybridized carbons (Fsp3) is 0.174. The number of hydrogen-bond donors (Lipinski definition) is 0. The molecule has 0 N–H and O–H groups in total. The quantitative estimate of drug-likeness (QED) is 0.468. The van der Waals surface area contributed by atoms with Gasteiger partial charge in [0.15, 0.2) is 0 Å². The Morgan fingerprint density at radius 2 is 1.90 bits per heavy atom. The predicted molar refractivity (Wildman–Crippen MR) is 108 cm³/mol. The highest BCUT2D eigenvalue weighted by Gasteiger charge is 2.10. The van der Waals surface area contributed by atoms with Crippen LogP contribution >= 0.6 is 0 Å². The maximum absolute atomic E-state index is 12.3. The summed E-state index contributed by atoms with van der Waals surface area (Å²) in [6.07, 6.45) is 0.631. The van der Waals surface area contributed by atoms with E-state index in [2.05, 4.69) is 4.98 Å². The summed E-state index contributed by atoms with van der Waals surface area (Å²) in [5, 5.41) is 0. The number of benzene rings is 1. The van der Waals surface area contributed by atoms with Crippen LogP contribution in [0, 0.1) is 6.92 Å². The Morgan fingerprint density at radius 3 is 2.72 bits per heavy atom. The van der Waals surface area contributed by atoms with Gasteiger partial charge in [0.05, 0.1) is 12.1 Å². The van der Waals surface area contributed by atoms with Crippen LogP contribution in [0.5, 0.6) is 0 Å². The summed E-state index contributed by atoms with van der Waals surface area (Å²) < 4.78 is 12.6. The Kier molecular flexibility index (Phi) is 5.24. The van der Waals surface area contributed by atoms with Crippen LogP contribution in [0.4, 0.5) is 0 Å². The molecule has 0 spiro atoms. The van der Waals surface area contributed by atoms with Gasteiger partial charge in [0, 0.05) is 23.7 Å². The highest BCUT2D eigenvalue weighted by molar-refractivity contribution is 5.69. The van der Waals surface area contributed by atoms with Gasteiger partial charge in [-0.3, -0.25) is 14.0 Å². The number of esters is 1. The first kappa shape index (κ1) is 18.7. The number of furan rings is 1. The summed E-state index contributed by atoms with van der Waals surface area (Å²) in [6.45, 7) is 1.81. The van der Waals surface area contributed by atoms with Crippen LogP contribution in [0.25, 0.3) is 17.0 Å². The number of carbonyl (C=O) groups excluding carboxylic acids is 1. The summed E-state index contributed by atoms with van der Waals surface area (Å²) >= 11 is 0. The SMILES string of the molecule is Cc1cccc2nc(COC(=O)CCc3ccc(-c4ccccc4)o3)cc(=O)n12. The minimum Gasteiger partial charge on any atom is -0.461 e. The number of aryl methyl sites for hydroxylation is 2. The first-order valence-corrected chi connectivity index (χ1v) is 9.38. The van der Waals surface area contributed by atoms with Crippen LogP contribution in [0.1, 0.15) is 23.6 Å². The summed E-state index contributed by atoms with van der Waals surface area (Å²) in [6, 6.07) is 20.4. The number of rotatable bonds is 6. The number of hydrogen-bond acceptors (Lipinski definition) is 5. The zero-order valence-corrected chi connectivity index (χ0v) is 16.0. The molecular weight excluding hydrogens is 368 g/mol. The molecule has 0 fully saturated rings. The maximum Gasteiger partial charge on any atom is 0.306 e. The van der Waals surface area contributed by atoms with Crippen molar-refractivity contribution < 1.29 is 13.9 Å². The highest BCUT2D eigenvalue weighted by atomic mass is 16.5. The Morgan fingerprint density at radius 1 is 1.07 bits per heavy atom. The summed E-state index contributed by atoms with van der Waals surface area (Å²) in [5.74, 6) is 1.12. The van der Waals surface area contributed by atoms with Gasteiger partial charge in [0.1, 0.15) is 23.8 Å². The molecule has 0 unspecified atom stereocenters. The molecule has 0 bridgehead atoms. The van der Waals surface area contributed by atoms with E-state index in [0.717, 1.165) is 22.8 Å². The van der Waals surface area contributed by atoms with Crippen LogP contribution in [0.3, 0.4) is 0 Å². The molecule has 0 atom stereocenters. The fourth-order valence-corrected chi connectivity index (χ4v) is 3.16. The van der Waals surface area contributed by atoms with Gasteiger partial charge in [-0.2, -0.15) is 0 Å². The van der Waals surface area contributed by atoms with Crippen molar-refractivity contribution in [2.45, 2.75) is 26.4 Å². The average Bonchev–Trinajstić information content (AvgIpc) is 3.20. The van der Waals surface area contributed by atoms with Gasteiger partial charge in [-0.05, 0) is 31.2 Å². The molecule has 0 saturated carbocycles. The van der Waals surface area contributed by atoms with Crippen LogP contribution in [-0.2, 0) is 22.6 Å². The van der Waals surface area contributed by atoms with Crippen molar-refractivity contribution in [3.63, 3.8) is 0 Å². The molecule has 0 saturated heterocycles. The van der Waals surface area contributed by atoms with Crippen LogP contribution in [0.2, 0.25) is 0 Å². The Labute approximate surface area is 167 Å². The van der Waals surface area contributed by atoms with Crippen molar-refractivity contribution in [2.24, 2.45) is 0 Å². The van der Waals surface area contributed by atoms with Crippen molar-refractivity contribution in [2.75, 3.05) is 0 Å². The Hall–Kier alpha value is -3.67. The van der Waals surface area contributed by atoms with Gasteiger partial charge in [0.25, 0.3) is 5.56 Å². The molecule has 6 nitrogen and oxygen atoms in total. The minimum absolute atomic E-state index is 0.0358. The fourth-order valence-electron chi connectivity index (χ4n) is 3.16. The second-order valence-electron chi connectivity index (χ2n) is 6.74. The van der Waals surface area contributed by atoms with Gasteiger partial charge in [0.2, 0.25) is 0 Å². The largest absolute Gasteiger partial charge is 0.461 e. The highest BCUT2D eigenvalue weighted by Crippen LogP contribution is 2.22. The van der Waals surface area contributed by atoms with E-state index in [4.69, 9.17) is 9.15 Å². The molecule has 3 aromatic heterocycles. The molecule has 6 heteroatoms. The number of aromatic nitrogens is 2. The summed E-state index contributed by atoms with van der Waals surface area (Å²) in [5.41, 5.74) is 2.57. The molecule has 3 heterocycles. The standard InChI is InChI=1S/C23H20N2O4/c1-16-6-5-9-21-24-18(14-22(26)25(16)21)15-28-23(27)13-11-19-10-12-20(29-19)17-7-3-2-4-8-17/h2-10,12,14H,11,13,15H2,1H3. The molecule has 0 radical (unpaired) electrons. The normalized spacial score (nSPS) is 10.9. The molecule has 1 aromatic carbocycles. The monoisotopic (exact) mass is 388 g/mol. The minimum atomic E-state index is -0.367. The van der Waals surface area contributed by atoms with Gasteiger partial charge < -0.3 is 9.15 Å².